The molecular weight excluding hydrogens is 199 g/mol. The van der Waals surface area contributed by atoms with Gasteiger partial charge in [-0.05, 0) is 25.4 Å². The number of aromatic nitrogens is 3. The van der Waals surface area contributed by atoms with Crippen LogP contribution in [0.3, 0.4) is 0 Å². The highest BCUT2D eigenvalue weighted by Crippen LogP contribution is 2.16. The summed E-state index contributed by atoms with van der Waals surface area (Å²) >= 11 is 11.2. The summed E-state index contributed by atoms with van der Waals surface area (Å²) in [4.78, 5) is 3.86. The molecule has 0 aliphatic rings. The highest BCUT2D eigenvalue weighted by atomic mass is 35.5. The van der Waals surface area contributed by atoms with Crippen LogP contribution in [0, 0.1) is 0 Å². The zero-order chi connectivity index (χ0) is 9.14. The molecule has 1 N–H and O–H groups in total. The van der Waals surface area contributed by atoms with Crippen LogP contribution < -0.4 is 5.32 Å². The van der Waals surface area contributed by atoms with Gasteiger partial charge in [0.1, 0.15) is 0 Å². The standard InChI is InChI=1S/C6H8Cl2N4/c1-3(2)9-5-4(7)11-12-6(8)10-5/h3H,1-2H3,(H,9,10,12). The molecule has 66 valence electrons. The first-order valence-corrected chi connectivity index (χ1v) is 4.17. The zero-order valence-corrected chi connectivity index (χ0v) is 8.19. The summed E-state index contributed by atoms with van der Waals surface area (Å²) in [5.41, 5.74) is 0. The summed E-state index contributed by atoms with van der Waals surface area (Å²) in [6, 6.07) is 0.232. The van der Waals surface area contributed by atoms with Gasteiger partial charge in [-0.3, -0.25) is 0 Å². The molecule has 1 aromatic heterocycles. The van der Waals surface area contributed by atoms with Gasteiger partial charge in [-0.15, -0.1) is 10.2 Å². The summed E-state index contributed by atoms with van der Waals surface area (Å²) < 4.78 is 0. The fourth-order valence-corrected chi connectivity index (χ4v) is 0.915. The minimum absolute atomic E-state index is 0.0857. The summed E-state index contributed by atoms with van der Waals surface area (Å²) in [7, 11) is 0. The molecule has 0 aliphatic heterocycles. The normalized spacial score (nSPS) is 10.4. The molecule has 1 aromatic rings. The number of nitrogens with one attached hydrogen (secondary N) is 1. The van der Waals surface area contributed by atoms with E-state index in [1.165, 1.54) is 0 Å². The van der Waals surface area contributed by atoms with Crippen LogP contribution in [-0.2, 0) is 0 Å². The van der Waals surface area contributed by atoms with Crippen molar-refractivity contribution in [1.29, 1.82) is 0 Å². The molecule has 0 spiro atoms. The van der Waals surface area contributed by atoms with Crippen molar-refractivity contribution in [2.45, 2.75) is 19.9 Å². The molecule has 0 atom stereocenters. The van der Waals surface area contributed by atoms with Gasteiger partial charge in [-0.1, -0.05) is 11.6 Å². The van der Waals surface area contributed by atoms with Crippen LogP contribution in [0.4, 0.5) is 5.82 Å². The first-order chi connectivity index (χ1) is 5.59. The molecule has 0 aromatic carbocycles. The molecule has 0 unspecified atom stereocenters. The molecule has 0 saturated heterocycles. The van der Waals surface area contributed by atoms with Crippen LogP contribution in [0.2, 0.25) is 10.4 Å². The average molecular weight is 207 g/mol. The zero-order valence-electron chi connectivity index (χ0n) is 6.67. The minimum atomic E-state index is 0.0857. The summed E-state index contributed by atoms with van der Waals surface area (Å²) in [6.07, 6.45) is 0. The Hall–Kier alpha value is -0.610. The molecule has 1 heterocycles. The van der Waals surface area contributed by atoms with Gasteiger partial charge in [0.2, 0.25) is 5.28 Å². The Morgan fingerprint density at radius 2 is 1.92 bits per heavy atom. The average Bonchev–Trinajstić information content (AvgIpc) is 1.96. The fraction of sp³-hybridized carbons (Fsp3) is 0.500. The number of hydrogen-bond donors (Lipinski definition) is 1. The molecule has 0 radical (unpaired) electrons. The predicted octanol–water partition coefficient (Wildman–Crippen LogP) is 2.00. The Balaban J connectivity index is 2.90. The second-order valence-corrected chi connectivity index (χ2v) is 3.22. The quantitative estimate of drug-likeness (QED) is 0.805. The van der Waals surface area contributed by atoms with Crippen molar-refractivity contribution in [1.82, 2.24) is 15.2 Å². The number of hydrogen-bond acceptors (Lipinski definition) is 4. The molecule has 0 fully saturated rings. The van der Waals surface area contributed by atoms with Crippen molar-refractivity contribution in [2.75, 3.05) is 5.32 Å². The van der Waals surface area contributed by atoms with Crippen LogP contribution in [0.5, 0.6) is 0 Å². The Labute approximate surface area is 80.3 Å². The maximum Gasteiger partial charge on any atom is 0.245 e. The lowest BCUT2D eigenvalue weighted by Gasteiger charge is -2.08. The smallest absolute Gasteiger partial charge is 0.245 e. The topological polar surface area (TPSA) is 50.7 Å². The van der Waals surface area contributed by atoms with E-state index in [1.807, 2.05) is 13.8 Å². The van der Waals surface area contributed by atoms with Gasteiger partial charge >= 0.3 is 0 Å². The van der Waals surface area contributed by atoms with E-state index < -0.39 is 0 Å². The van der Waals surface area contributed by atoms with Crippen molar-refractivity contribution >= 4 is 29.0 Å². The maximum absolute atomic E-state index is 5.68. The van der Waals surface area contributed by atoms with E-state index in [-0.39, 0.29) is 16.5 Å². The van der Waals surface area contributed by atoms with Crippen molar-refractivity contribution in [3.8, 4) is 0 Å². The van der Waals surface area contributed by atoms with Gasteiger partial charge in [0, 0.05) is 6.04 Å². The van der Waals surface area contributed by atoms with Crippen LogP contribution in [0.1, 0.15) is 13.8 Å². The van der Waals surface area contributed by atoms with Crippen LogP contribution in [0.15, 0.2) is 0 Å². The minimum Gasteiger partial charge on any atom is -0.365 e. The Morgan fingerprint density at radius 3 is 2.50 bits per heavy atom. The number of rotatable bonds is 2. The van der Waals surface area contributed by atoms with Gasteiger partial charge in [0.05, 0.1) is 0 Å². The Bertz CT molecular complexity index is 276. The molecule has 0 bridgehead atoms. The van der Waals surface area contributed by atoms with E-state index in [1.54, 1.807) is 0 Å². The fourth-order valence-electron chi connectivity index (χ4n) is 0.659. The van der Waals surface area contributed by atoms with Gasteiger partial charge in [0.15, 0.2) is 11.0 Å². The van der Waals surface area contributed by atoms with Gasteiger partial charge in [-0.2, -0.15) is 4.98 Å². The summed E-state index contributed by atoms with van der Waals surface area (Å²) in [6.45, 7) is 3.93. The van der Waals surface area contributed by atoms with E-state index >= 15 is 0 Å². The van der Waals surface area contributed by atoms with Gasteiger partial charge in [-0.25, -0.2) is 0 Å². The lowest BCUT2D eigenvalue weighted by molar-refractivity contribution is 0.871. The third-order valence-electron chi connectivity index (χ3n) is 1.05. The van der Waals surface area contributed by atoms with Crippen molar-refractivity contribution in [2.24, 2.45) is 0 Å². The van der Waals surface area contributed by atoms with E-state index in [2.05, 4.69) is 20.5 Å². The Kier molecular flexibility index (Phi) is 3.05. The third-order valence-corrected chi connectivity index (χ3v) is 1.46. The van der Waals surface area contributed by atoms with E-state index in [0.717, 1.165) is 0 Å². The monoisotopic (exact) mass is 206 g/mol. The molecule has 4 nitrogen and oxygen atoms in total. The molecule has 0 saturated carbocycles. The molecule has 12 heavy (non-hydrogen) atoms. The SMILES string of the molecule is CC(C)Nc1nc(Cl)nnc1Cl. The van der Waals surface area contributed by atoms with E-state index in [9.17, 15) is 0 Å². The van der Waals surface area contributed by atoms with Gasteiger partial charge in [0.25, 0.3) is 0 Å². The maximum atomic E-state index is 5.68. The highest BCUT2D eigenvalue weighted by molar-refractivity contribution is 6.32. The summed E-state index contributed by atoms with van der Waals surface area (Å²) in [5.74, 6) is 0.465. The molecule has 0 aliphatic carbocycles. The largest absolute Gasteiger partial charge is 0.365 e. The molecule has 6 heteroatoms. The lowest BCUT2D eigenvalue weighted by Crippen LogP contribution is -2.12. The van der Waals surface area contributed by atoms with E-state index in [4.69, 9.17) is 23.2 Å². The Morgan fingerprint density at radius 1 is 1.25 bits per heavy atom. The number of anilines is 1. The second kappa shape index (κ2) is 3.87. The van der Waals surface area contributed by atoms with Gasteiger partial charge < -0.3 is 5.32 Å². The number of halogens is 2. The third kappa shape index (κ3) is 2.46. The summed E-state index contributed by atoms with van der Waals surface area (Å²) in [5, 5.41) is 10.4. The van der Waals surface area contributed by atoms with Crippen LogP contribution in [0.25, 0.3) is 0 Å². The van der Waals surface area contributed by atoms with Crippen molar-refractivity contribution < 1.29 is 0 Å². The highest BCUT2D eigenvalue weighted by Gasteiger charge is 2.05. The van der Waals surface area contributed by atoms with Crippen LogP contribution >= 0.6 is 23.2 Å². The molecular formula is C6H8Cl2N4. The van der Waals surface area contributed by atoms with Crippen molar-refractivity contribution in [3.63, 3.8) is 0 Å². The second-order valence-electron chi connectivity index (χ2n) is 2.52. The lowest BCUT2D eigenvalue weighted by atomic mass is 10.4. The first kappa shape index (κ1) is 9.48. The van der Waals surface area contributed by atoms with Crippen LogP contribution in [-0.4, -0.2) is 21.2 Å². The van der Waals surface area contributed by atoms with Crippen molar-refractivity contribution in [3.05, 3.63) is 10.4 Å². The molecule has 0 amide bonds. The first-order valence-electron chi connectivity index (χ1n) is 3.42. The number of nitrogens with zero attached hydrogens (tertiary/aromatic N) is 3. The predicted molar refractivity (Wildman–Crippen MR) is 48.6 cm³/mol. The van der Waals surface area contributed by atoms with E-state index in [0.29, 0.717) is 5.82 Å². The molecule has 1 rings (SSSR count).